The zero-order valence-corrected chi connectivity index (χ0v) is 14.6. The Morgan fingerprint density at radius 1 is 1.32 bits per heavy atom. The minimum absolute atomic E-state index is 0.306. The Labute approximate surface area is 145 Å². The van der Waals surface area contributed by atoms with Gasteiger partial charge in [-0.1, -0.05) is 12.1 Å². The van der Waals surface area contributed by atoms with E-state index < -0.39 is 0 Å². The highest BCUT2D eigenvalue weighted by molar-refractivity contribution is 5.85. The van der Waals surface area contributed by atoms with E-state index in [2.05, 4.69) is 34.9 Å². The van der Waals surface area contributed by atoms with Crippen molar-refractivity contribution < 1.29 is 4.39 Å². The third kappa shape index (κ3) is 2.27. The maximum Gasteiger partial charge on any atom is 0.168 e. The van der Waals surface area contributed by atoms with Crippen LogP contribution in [0.4, 0.5) is 10.2 Å². The second kappa shape index (κ2) is 5.71. The molecular formula is C19H20FN5. The second-order valence-electron chi connectivity index (χ2n) is 6.86. The Bertz CT molecular complexity index is 1010. The van der Waals surface area contributed by atoms with Gasteiger partial charge in [-0.2, -0.15) is 5.26 Å². The van der Waals surface area contributed by atoms with Crippen LogP contribution in [0.15, 0.2) is 24.3 Å². The van der Waals surface area contributed by atoms with Crippen molar-refractivity contribution in [1.82, 2.24) is 14.3 Å². The number of fused-ring (bicyclic) bond motifs is 3. The quantitative estimate of drug-likeness (QED) is 0.721. The minimum atomic E-state index is -0.327. The number of hydrogen-bond donors (Lipinski definition) is 0. The van der Waals surface area contributed by atoms with Crippen LogP contribution in [0.5, 0.6) is 0 Å². The largest absolute Gasteiger partial charge is 0.354 e. The van der Waals surface area contributed by atoms with Gasteiger partial charge in [0.2, 0.25) is 0 Å². The maximum absolute atomic E-state index is 15.3. The van der Waals surface area contributed by atoms with Gasteiger partial charge in [-0.05, 0) is 39.6 Å². The van der Waals surface area contributed by atoms with Crippen LogP contribution in [0, 0.1) is 24.1 Å². The predicted octanol–water partition coefficient (Wildman–Crippen LogP) is 2.95. The molecule has 1 saturated heterocycles. The first kappa shape index (κ1) is 15.9. The van der Waals surface area contributed by atoms with Crippen molar-refractivity contribution in [3.8, 4) is 6.07 Å². The molecule has 3 heterocycles. The molecule has 2 aromatic heterocycles. The molecule has 0 radical (unpaired) electrons. The molecule has 25 heavy (non-hydrogen) atoms. The molecule has 128 valence electrons. The van der Waals surface area contributed by atoms with Crippen molar-refractivity contribution in [3.63, 3.8) is 0 Å². The lowest BCUT2D eigenvalue weighted by Gasteiger charge is -2.24. The summed E-state index contributed by atoms with van der Waals surface area (Å²) in [4.78, 5) is 8.87. The SMILES string of the molecule is Cc1c(F)c(N2CC[C@H](N(C)C)C2)n2c(nc3ccccc32)c1C#N. The molecule has 1 aromatic carbocycles. The zero-order valence-electron chi connectivity index (χ0n) is 14.6. The molecule has 0 bridgehead atoms. The van der Waals surface area contributed by atoms with E-state index in [0.29, 0.717) is 28.6 Å². The molecular weight excluding hydrogens is 317 g/mol. The van der Waals surface area contributed by atoms with Crippen molar-refractivity contribution in [2.45, 2.75) is 19.4 Å². The maximum atomic E-state index is 15.3. The van der Waals surface area contributed by atoms with Gasteiger partial charge in [0.25, 0.3) is 0 Å². The van der Waals surface area contributed by atoms with Crippen LogP contribution in [-0.4, -0.2) is 47.5 Å². The van der Waals surface area contributed by atoms with E-state index in [1.54, 1.807) is 6.92 Å². The van der Waals surface area contributed by atoms with Crippen LogP contribution in [0.3, 0.4) is 0 Å². The fourth-order valence-corrected chi connectivity index (χ4v) is 3.72. The zero-order chi connectivity index (χ0) is 17.7. The summed E-state index contributed by atoms with van der Waals surface area (Å²) in [6, 6.07) is 10.2. The summed E-state index contributed by atoms with van der Waals surface area (Å²) in [5.74, 6) is 0.191. The van der Waals surface area contributed by atoms with Gasteiger partial charge in [0, 0.05) is 24.7 Å². The number of pyridine rings is 1. The first-order chi connectivity index (χ1) is 12.0. The van der Waals surface area contributed by atoms with Gasteiger partial charge in [0.15, 0.2) is 17.3 Å². The standard InChI is InChI=1S/C19H20FN5/c1-12-14(10-21)18-22-15-6-4-5-7-16(15)25(18)19(17(12)20)24-9-8-13(11-24)23(2)3/h4-7,13H,8-9,11H2,1-3H3/t13-/m0/s1. The number of imidazole rings is 1. The van der Waals surface area contributed by atoms with Gasteiger partial charge in [-0.15, -0.1) is 0 Å². The van der Waals surface area contributed by atoms with E-state index in [1.165, 1.54) is 0 Å². The fourth-order valence-electron chi connectivity index (χ4n) is 3.72. The molecule has 3 aromatic rings. The van der Waals surface area contributed by atoms with Gasteiger partial charge in [-0.25, -0.2) is 9.37 Å². The third-order valence-corrected chi connectivity index (χ3v) is 5.20. The molecule has 0 aliphatic carbocycles. The summed E-state index contributed by atoms with van der Waals surface area (Å²) in [7, 11) is 4.10. The Morgan fingerprint density at radius 2 is 2.08 bits per heavy atom. The number of para-hydroxylation sites is 2. The third-order valence-electron chi connectivity index (χ3n) is 5.20. The highest BCUT2D eigenvalue weighted by Gasteiger charge is 2.30. The van der Waals surface area contributed by atoms with E-state index in [9.17, 15) is 5.26 Å². The predicted molar refractivity (Wildman–Crippen MR) is 96.4 cm³/mol. The van der Waals surface area contributed by atoms with Crippen molar-refractivity contribution in [1.29, 1.82) is 5.26 Å². The molecule has 6 heteroatoms. The van der Waals surface area contributed by atoms with Crippen LogP contribution < -0.4 is 4.90 Å². The summed E-state index contributed by atoms with van der Waals surface area (Å²) in [6.07, 6.45) is 0.986. The molecule has 1 aliphatic heterocycles. The fraction of sp³-hybridized carbons (Fsp3) is 0.368. The van der Waals surface area contributed by atoms with E-state index in [4.69, 9.17) is 0 Å². The van der Waals surface area contributed by atoms with E-state index in [0.717, 1.165) is 30.5 Å². The molecule has 0 unspecified atom stereocenters. The highest BCUT2D eigenvalue weighted by Crippen LogP contribution is 2.33. The van der Waals surface area contributed by atoms with Gasteiger partial charge in [0.1, 0.15) is 11.6 Å². The molecule has 0 saturated carbocycles. The van der Waals surface area contributed by atoms with Crippen LogP contribution in [-0.2, 0) is 0 Å². The summed E-state index contributed by atoms with van der Waals surface area (Å²) in [5, 5.41) is 9.55. The molecule has 0 amide bonds. The Kier molecular flexibility index (Phi) is 3.62. The van der Waals surface area contributed by atoms with E-state index in [-0.39, 0.29) is 5.82 Å². The molecule has 1 fully saturated rings. The lowest BCUT2D eigenvalue weighted by atomic mass is 10.1. The number of benzene rings is 1. The molecule has 1 aliphatic rings. The normalized spacial score (nSPS) is 17.8. The Hall–Kier alpha value is -2.65. The smallest absolute Gasteiger partial charge is 0.168 e. The van der Waals surface area contributed by atoms with Crippen molar-refractivity contribution in [3.05, 3.63) is 41.2 Å². The number of aromatic nitrogens is 2. The summed E-state index contributed by atoms with van der Waals surface area (Å²) in [5.41, 5.74) is 2.81. The number of halogens is 1. The highest BCUT2D eigenvalue weighted by atomic mass is 19.1. The van der Waals surface area contributed by atoms with Crippen molar-refractivity contribution >= 4 is 22.5 Å². The van der Waals surface area contributed by atoms with Crippen molar-refractivity contribution in [2.75, 3.05) is 32.1 Å². The van der Waals surface area contributed by atoms with Crippen LogP contribution in [0.2, 0.25) is 0 Å². The van der Waals surface area contributed by atoms with Gasteiger partial charge >= 0.3 is 0 Å². The van der Waals surface area contributed by atoms with Crippen LogP contribution in [0.1, 0.15) is 17.5 Å². The number of rotatable bonds is 2. The lowest BCUT2D eigenvalue weighted by Crippen LogP contribution is -2.32. The van der Waals surface area contributed by atoms with E-state index in [1.807, 2.05) is 28.7 Å². The second-order valence-corrected chi connectivity index (χ2v) is 6.86. The topological polar surface area (TPSA) is 47.6 Å². The minimum Gasteiger partial charge on any atom is -0.354 e. The molecule has 4 rings (SSSR count). The van der Waals surface area contributed by atoms with Gasteiger partial charge < -0.3 is 9.80 Å². The molecule has 0 spiro atoms. The molecule has 1 atom stereocenters. The monoisotopic (exact) mass is 337 g/mol. The number of anilines is 1. The number of nitriles is 1. The first-order valence-electron chi connectivity index (χ1n) is 8.43. The lowest BCUT2D eigenvalue weighted by molar-refractivity contribution is 0.315. The first-order valence-corrected chi connectivity index (χ1v) is 8.43. The molecule has 0 N–H and O–H groups in total. The van der Waals surface area contributed by atoms with Gasteiger partial charge in [-0.3, -0.25) is 4.40 Å². The van der Waals surface area contributed by atoms with Crippen LogP contribution in [0.25, 0.3) is 16.7 Å². The number of likely N-dealkylation sites (N-methyl/N-ethyl adjacent to an activating group) is 1. The summed E-state index contributed by atoms with van der Waals surface area (Å²) in [6.45, 7) is 3.21. The Morgan fingerprint density at radius 3 is 2.76 bits per heavy atom. The van der Waals surface area contributed by atoms with E-state index >= 15 is 4.39 Å². The van der Waals surface area contributed by atoms with Gasteiger partial charge in [0.05, 0.1) is 11.0 Å². The Balaban J connectivity index is 2.04. The number of hydrogen-bond acceptors (Lipinski definition) is 4. The molecule has 5 nitrogen and oxygen atoms in total. The average molecular weight is 337 g/mol. The number of nitrogens with zero attached hydrogens (tertiary/aromatic N) is 5. The average Bonchev–Trinajstić information content (AvgIpc) is 3.22. The summed E-state index contributed by atoms with van der Waals surface area (Å²) >= 11 is 0. The summed E-state index contributed by atoms with van der Waals surface area (Å²) < 4.78 is 17.1. The van der Waals surface area contributed by atoms with Crippen molar-refractivity contribution in [2.24, 2.45) is 0 Å². The van der Waals surface area contributed by atoms with Crippen LogP contribution >= 0.6 is 0 Å².